The summed E-state index contributed by atoms with van der Waals surface area (Å²) in [4.78, 5) is 13.1. The standard InChI is InChI=1S/C17H16N6O/c1-13-7-5-6-10-15(13)11-18-19-16(24)12-23-21-17(20-22-23)14-8-3-2-4-9-14/h2-11H,12H2,1H3,(H,19,24)/b18-11+. The molecule has 120 valence electrons. The second-order valence-electron chi connectivity index (χ2n) is 5.16. The van der Waals surface area contributed by atoms with Crippen molar-refractivity contribution in [3.05, 3.63) is 65.7 Å². The Labute approximate surface area is 139 Å². The molecule has 2 aromatic carbocycles. The second-order valence-corrected chi connectivity index (χ2v) is 5.16. The molecule has 3 aromatic rings. The lowest BCUT2D eigenvalue weighted by atomic mass is 10.1. The molecule has 3 rings (SSSR count). The smallest absolute Gasteiger partial charge is 0.263 e. The van der Waals surface area contributed by atoms with E-state index in [4.69, 9.17) is 0 Å². The Hall–Kier alpha value is -3.35. The van der Waals surface area contributed by atoms with Crippen molar-refractivity contribution in [1.82, 2.24) is 25.6 Å². The lowest BCUT2D eigenvalue weighted by Crippen LogP contribution is -2.24. The third kappa shape index (κ3) is 3.89. The summed E-state index contributed by atoms with van der Waals surface area (Å²) in [6.07, 6.45) is 1.61. The normalized spacial score (nSPS) is 10.9. The Balaban J connectivity index is 1.58. The minimum atomic E-state index is -0.322. The Kier molecular flexibility index (Phi) is 4.71. The van der Waals surface area contributed by atoms with E-state index in [2.05, 4.69) is 25.9 Å². The highest BCUT2D eigenvalue weighted by Crippen LogP contribution is 2.11. The Morgan fingerprint density at radius 2 is 1.92 bits per heavy atom. The largest absolute Gasteiger partial charge is 0.271 e. The van der Waals surface area contributed by atoms with E-state index in [1.54, 1.807) is 6.21 Å². The first-order chi connectivity index (χ1) is 11.7. The topological polar surface area (TPSA) is 85.1 Å². The van der Waals surface area contributed by atoms with E-state index in [9.17, 15) is 4.79 Å². The van der Waals surface area contributed by atoms with E-state index in [1.165, 1.54) is 4.80 Å². The average Bonchev–Trinajstić information content (AvgIpc) is 3.06. The van der Waals surface area contributed by atoms with Crippen LogP contribution < -0.4 is 5.43 Å². The molecule has 0 aliphatic rings. The summed E-state index contributed by atoms with van der Waals surface area (Å²) in [6, 6.07) is 17.2. The summed E-state index contributed by atoms with van der Waals surface area (Å²) in [6.45, 7) is 1.93. The molecule has 0 atom stereocenters. The van der Waals surface area contributed by atoms with Gasteiger partial charge < -0.3 is 0 Å². The number of rotatable bonds is 5. The highest BCUT2D eigenvalue weighted by atomic mass is 16.2. The van der Waals surface area contributed by atoms with Crippen LogP contribution >= 0.6 is 0 Å². The highest BCUT2D eigenvalue weighted by Gasteiger charge is 2.08. The summed E-state index contributed by atoms with van der Waals surface area (Å²) in [5.41, 5.74) is 5.34. The van der Waals surface area contributed by atoms with E-state index >= 15 is 0 Å². The molecule has 1 amide bonds. The number of nitrogens with zero attached hydrogens (tertiary/aromatic N) is 5. The minimum Gasteiger partial charge on any atom is -0.271 e. The number of hydrogen-bond donors (Lipinski definition) is 1. The van der Waals surface area contributed by atoms with E-state index in [0.717, 1.165) is 16.7 Å². The number of amides is 1. The summed E-state index contributed by atoms with van der Waals surface area (Å²) in [5, 5.41) is 16.0. The van der Waals surface area contributed by atoms with Gasteiger partial charge in [0.1, 0.15) is 6.54 Å². The fraction of sp³-hybridized carbons (Fsp3) is 0.118. The van der Waals surface area contributed by atoms with E-state index in [0.29, 0.717) is 5.82 Å². The number of aryl methyl sites for hydroxylation is 1. The summed E-state index contributed by atoms with van der Waals surface area (Å²) < 4.78 is 0. The maximum absolute atomic E-state index is 11.9. The molecule has 0 spiro atoms. The van der Waals surface area contributed by atoms with Crippen molar-refractivity contribution in [1.29, 1.82) is 0 Å². The fourth-order valence-electron chi connectivity index (χ4n) is 2.08. The predicted octanol–water partition coefficient (Wildman–Crippen LogP) is 1.80. The maximum Gasteiger partial charge on any atom is 0.263 e. The number of benzene rings is 2. The van der Waals surface area contributed by atoms with Crippen molar-refractivity contribution >= 4 is 12.1 Å². The van der Waals surface area contributed by atoms with Gasteiger partial charge in [0.2, 0.25) is 5.82 Å². The number of aromatic nitrogens is 4. The molecule has 0 saturated heterocycles. The van der Waals surface area contributed by atoms with Crippen LogP contribution in [0.5, 0.6) is 0 Å². The van der Waals surface area contributed by atoms with Gasteiger partial charge >= 0.3 is 0 Å². The minimum absolute atomic E-state index is 0.0506. The van der Waals surface area contributed by atoms with Crippen LogP contribution in [0.1, 0.15) is 11.1 Å². The van der Waals surface area contributed by atoms with Gasteiger partial charge in [-0.15, -0.1) is 10.2 Å². The third-order valence-corrected chi connectivity index (χ3v) is 3.35. The zero-order chi connectivity index (χ0) is 16.8. The molecule has 1 aromatic heterocycles. The lowest BCUT2D eigenvalue weighted by molar-refractivity contribution is -0.122. The summed E-state index contributed by atoms with van der Waals surface area (Å²) >= 11 is 0. The Morgan fingerprint density at radius 1 is 1.17 bits per heavy atom. The number of nitrogens with one attached hydrogen (secondary N) is 1. The average molecular weight is 320 g/mol. The quantitative estimate of drug-likeness (QED) is 0.574. The molecule has 7 heteroatoms. The number of hydrazone groups is 1. The van der Waals surface area contributed by atoms with Crippen LogP contribution in [0.4, 0.5) is 0 Å². The third-order valence-electron chi connectivity index (χ3n) is 3.35. The van der Waals surface area contributed by atoms with Gasteiger partial charge in [-0.25, -0.2) is 5.43 Å². The van der Waals surface area contributed by atoms with Crippen molar-refractivity contribution in [3.8, 4) is 11.4 Å². The van der Waals surface area contributed by atoms with Gasteiger partial charge in [-0.1, -0.05) is 54.6 Å². The number of carbonyl (C=O) groups excluding carboxylic acids is 1. The number of carbonyl (C=O) groups is 1. The van der Waals surface area contributed by atoms with Gasteiger partial charge in [-0.3, -0.25) is 4.79 Å². The maximum atomic E-state index is 11.9. The zero-order valence-electron chi connectivity index (χ0n) is 13.1. The van der Waals surface area contributed by atoms with Crippen LogP contribution in [-0.2, 0) is 11.3 Å². The Bertz CT molecular complexity index is 856. The molecule has 0 saturated carbocycles. The van der Waals surface area contributed by atoms with Crippen LogP contribution in [-0.4, -0.2) is 32.3 Å². The monoisotopic (exact) mass is 320 g/mol. The molecular weight excluding hydrogens is 304 g/mol. The molecule has 0 unspecified atom stereocenters. The molecule has 0 fully saturated rings. The van der Waals surface area contributed by atoms with Crippen molar-refractivity contribution < 1.29 is 4.79 Å². The van der Waals surface area contributed by atoms with Crippen molar-refractivity contribution in [3.63, 3.8) is 0 Å². The van der Waals surface area contributed by atoms with Crippen molar-refractivity contribution in [2.75, 3.05) is 0 Å². The molecular formula is C17H16N6O. The van der Waals surface area contributed by atoms with Gasteiger partial charge in [-0.2, -0.15) is 9.90 Å². The number of hydrogen-bond acceptors (Lipinski definition) is 5. The fourth-order valence-corrected chi connectivity index (χ4v) is 2.08. The number of tetrazole rings is 1. The molecule has 1 N–H and O–H groups in total. The molecule has 0 aliphatic carbocycles. The van der Waals surface area contributed by atoms with Crippen LogP contribution in [0.25, 0.3) is 11.4 Å². The molecule has 0 bridgehead atoms. The van der Waals surface area contributed by atoms with Crippen LogP contribution in [0, 0.1) is 6.92 Å². The van der Waals surface area contributed by atoms with Gasteiger partial charge in [0.05, 0.1) is 6.21 Å². The van der Waals surface area contributed by atoms with Crippen molar-refractivity contribution in [2.45, 2.75) is 13.5 Å². The lowest BCUT2D eigenvalue weighted by Gasteiger charge is -2.00. The van der Waals surface area contributed by atoms with Crippen LogP contribution in [0.15, 0.2) is 59.7 Å². The van der Waals surface area contributed by atoms with E-state index in [-0.39, 0.29) is 12.5 Å². The zero-order valence-corrected chi connectivity index (χ0v) is 13.1. The van der Waals surface area contributed by atoms with Gasteiger partial charge in [0, 0.05) is 5.56 Å². The highest BCUT2D eigenvalue weighted by molar-refractivity contribution is 5.83. The molecule has 0 radical (unpaired) electrons. The summed E-state index contributed by atoms with van der Waals surface area (Å²) in [7, 11) is 0. The first kappa shape index (κ1) is 15.5. The molecule has 7 nitrogen and oxygen atoms in total. The van der Waals surface area contributed by atoms with Crippen LogP contribution in [0.3, 0.4) is 0 Å². The first-order valence-electron chi connectivity index (χ1n) is 7.43. The van der Waals surface area contributed by atoms with E-state index in [1.807, 2.05) is 61.5 Å². The van der Waals surface area contributed by atoms with Gasteiger partial charge in [-0.05, 0) is 23.3 Å². The second kappa shape index (κ2) is 7.28. The van der Waals surface area contributed by atoms with E-state index < -0.39 is 0 Å². The Morgan fingerprint density at radius 3 is 2.71 bits per heavy atom. The molecule has 0 aliphatic heterocycles. The molecule has 24 heavy (non-hydrogen) atoms. The van der Waals surface area contributed by atoms with Crippen LogP contribution in [0.2, 0.25) is 0 Å². The molecule has 1 heterocycles. The first-order valence-corrected chi connectivity index (χ1v) is 7.43. The van der Waals surface area contributed by atoms with Gasteiger partial charge in [0.25, 0.3) is 5.91 Å². The predicted molar refractivity (Wildman–Crippen MR) is 90.2 cm³/mol. The van der Waals surface area contributed by atoms with Crippen molar-refractivity contribution in [2.24, 2.45) is 5.10 Å². The SMILES string of the molecule is Cc1ccccc1/C=N/NC(=O)Cn1nnc(-c2ccccc2)n1. The van der Waals surface area contributed by atoms with Gasteiger partial charge in [0.15, 0.2) is 0 Å². The summed E-state index contributed by atoms with van der Waals surface area (Å²) in [5.74, 6) is 0.156.